The normalized spacial score (nSPS) is 11.6. The Balaban J connectivity index is 2.17. The fourth-order valence-electron chi connectivity index (χ4n) is 2.42. The summed E-state index contributed by atoms with van der Waals surface area (Å²) in [5, 5.41) is 3.02. The second-order valence-electron chi connectivity index (χ2n) is 5.77. The van der Waals surface area contributed by atoms with Gasteiger partial charge in [0.2, 0.25) is 5.91 Å². The summed E-state index contributed by atoms with van der Waals surface area (Å²) in [7, 11) is 1.48. The molecular formula is C19H19BrClFN2O3. The Hall–Kier alpha value is -2.12. The number of halogens is 3. The van der Waals surface area contributed by atoms with Crippen molar-refractivity contribution in [3.8, 4) is 5.75 Å². The van der Waals surface area contributed by atoms with Crippen molar-refractivity contribution in [3.63, 3.8) is 0 Å². The van der Waals surface area contributed by atoms with Crippen LogP contribution in [0.25, 0.3) is 0 Å². The van der Waals surface area contributed by atoms with E-state index in [-0.39, 0.29) is 19.1 Å². The monoisotopic (exact) mass is 456 g/mol. The van der Waals surface area contributed by atoms with Crippen LogP contribution in [0.3, 0.4) is 0 Å². The number of benzene rings is 2. The molecule has 0 aliphatic rings. The molecule has 27 heavy (non-hydrogen) atoms. The zero-order valence-corrected chi connectivity index (χ0v) is 17.2. The van der Waals surface area contributed by atoms with Gasteiger partial charge in [0.25, 0.3) is 5.91 Å². The summed E-state index contributed by atoms with van der Waals surface area (Å²) in [6, 6.07) is 10.2. The number of rotatable bonds is 7. The van der Waals surface area contributed by atoms with E-state index in [1.54, 1.807) is 43.3 Å². The van der Waals surface area contributed by atoms with Crippen LogP contribution in [0, 0.1) is 5.82 Å². The molecule has 0 saturated heterocycles. The van der Waals surface area contributed by atoms with E-state index in [1.807, 2.05) is 0 Å². The van der Waals surface area contributed by atoms with E-state index >= 15 is 0 Å². The average molecular weight is 458 g/mol. The molecule has 2 amide bonds. The molecule has 2 aromatic carbocycles. The molecule has 0 spiro atoms. The number of nitrogens with zero attached hydrogens (tertiary/aromatic N) is 1. The Bertz CT molecular complexity index is 834. The van der Waals surface area contributed by atoms with E-state index in [4.69, 9.17) is 16.3 Å². The Morgan fingerprint density at radius 2 is 2.00 bits per heavy atom. The van der Waals surface area contributed by atoms with E-state index in [2.05, 4.69) is 21.2 Å². The summed E-state index contributed by atoms with van der Waals surface area (Å²) < 4.78 is 20.2. The molecule has 8 heteroatoms. The van der Waals surface area contributed by atoms with Crippen molar-refractivity contribution in [2.45, 2.75) is 19.5 Å². The molecule has 144 valence electrons. The third-order valence-electron chi connectivity index (χ3n) is 3.96. The van der Waals surface area contributed by atoms with Gasteiger partial charge in [-0.1, -0.05) is 29.8 Å². The van der Waals surface area contributed by atoms with Gasteiger partial charge >= 0.3 is 0 Å². The molecular weight excluding hydrogens is 439 g/mol. The summed E-state index contributed by atoms with van der Waals surface area (Å²) in [5.41, 5.74) is 0.314. The van der Waals surface area contributed by atoms with Crippen molar-refractivity contribution >= 4 is 39.3 Å². The van der Waals surface area contributed by atoms with E-state index in [9.17, 15) is 14.0 Å². The Morgan fingerprint density at radius 1 is 1.30 bits per heavy atom. The second-order valence-corrected chi connectivity index (χ2v) is 7.06. The van der Waals surface area contributed by atoms with Gasteiger partial charge in [0.15, 0.2) is 6.61 Å². The van der Waals surface area contributed by atoms with Crippen LogP contribution in [0.1, 0.15) is 12.5 Å². The van der Waals surface area contributed by atoms with Crippen molar-refractivity contribution in [1.82, 2.24) is 10.2 Å². The number of hydrogen-bond acceptors (Lipinski definition) is 3. The average Bonchev–Trinajstić information content (AvgIpc) is 2.65. The minimum atomic E-state index is -0.792. The van der Waals surface area contributed by atoms with Crippen LogP contribution in [0.5, 0.6) is 5.75 Å². The zero-order chi connectivity index (χ0) is 20.0. The Morgan fingerprint density at radius 3 is 2.63 bits per heavy atom. The van der Waals surface area contributed by atoms with Gasteiger partial charge in [-0.15, -0.1) is 0 Å². The zero-order valence-electron chi connectivity index (χ0n) is 14.8. The summed E-state index contributed by atoms with van der Waals surface area (Å²) in [4.78, 5) is 26.0. The highest BCUT2D eigenvalue weighted by atomic mass is 79.9. The lowest BCUT2D eigenvalue weighted by Gasteiger charge is -2.28. The Labute approximate surface area is 170 Å². The number of hydrogen-bond donors (Lipinski definition) is 1. The molecule has 0 unspecified atom stereocenters. The molecule has 2 aromatic rings. The highest BCUT2D eigenvalue weighted by molar-refractivity contribution is 9.10. The predicted molar refractivity (Wildman–Crippen MR) is 105 cm³/mol. The molecule has 0 saturated carbocycles. The topological polar surface area (TPSA) is 58.6 Å². The fraction of sp³-hybridized carbons (Fsp3) is 0.263. The number of carbonyl (C=O) groups excluding carboxylic acids is 2. The van der Waals surface area contributed by atoms with E-state index in [0.29, 0.717) is 20.8 Å². The summed E-state index contributed by atoms with van der Waals surface area (Å²) in [5.74, 6) is -0.810. The van der Waals surface area contributed by atoms with Crippen LogP contribution in [0.4, 0.5) is 4.39 Å². The molecule has 2 rings (SSSR count). The smallest absolute Gasteiger partial charge is 0.261 e. The maximum Gasteiger partial charge on any atom is 0.261 e. The molecule has 0 radical (unpaired) electrons. The quantitative estimate of drug-likeness (QED) is 0.688. The van der Waals surface area contributed by atoms with Gasteiger partial charge < -0.3 is 15.0 Å². The number of carbonyl (C=O) groups is 2. The van der Waals surface area contributed by atoms with Crippen molar-refractivity contribution in [3.05, 3.63) is 63.3 Å². The SMILES string of the molecule is CNC(=O)[C@@H](C)N(Cc1ccccc1F)C(=O)COc1ccc(Cl)cc1Br. The third kappa shape index (κ3) is 5.68. The molecule has 0 bridgehead atoms. The second kappa shape index (κ2) is 9.71. The lowest BCUT2D eigenvalue weighted by Crippen LogP contribution is -2.48. The van der Waals surface area contributed by atoms with Gasteiger partial charge in [0.1, 0.15) is 17.6 Å². The third-order valence-corrected chi connectivity index (χ3v) is 4.81. The fourth-order valence-corrected chi connectivity index (χ4v) is 3.21. The van der Waals surface area contributed by atoms with Crippen LogP contribution in [-0.2, 0) is 16.1 Å². The lowest BCUT2D eigenvalue weighted by atomic mass is 10.1. The predicted octanol–water partition coefficient (Wildman–Crippen LogP) is 3.78. The number of likely N-dealkylation sites (N-methyl/N-ethyl adjacent to an activating group) is 1. The number of nitrogens with one attached hydrogen (secondary N) is 1. The number of amides is 2. The van der Waals surface area contributed by atoms with Gasteiger partial charge in [0.05, 0.1) is 4.47 Å². The molecule has 0 aliphatic heterocycles. The summed E-state index contributed by atoms with van der Waals surface area (Å²) >= 11 is 9.20. The molecule has 0 aliphatic carbocycles. The molecule has 0 aromatic heterocycles. The molecule has 1 atom stereocenters. The van der Waals surface area contributed by atoms with E-state index in [1.165, 1.54) is 18.0 Å². The van der Waals surface area contributed by atoms with Gasteiger partial charge in [-0.3, -0.25) is 9.59 Å². The first-order valence-electron chi connectivity index (χ1n) is 8.15. The number of ether oxygens (including phenoxy) is 1. The van der Waals surface area contributed by atoms with Gasteiger partial charge in [0, 0.05) is 24.2 Å². The van der Waals surface area contributed by atoms with Crippen LogP contribution in [0.2, 0.25) is 5.02 Å². The van der Waals surface area contributed by atoms with E-state index < -0.39 is 17.8 Å². The van der Waals surface area contributed by atoms with E-state index in [0.717, 1.165) is 0 Å². The van der Waals surface area contributed by atoms with Crippen LogP contribution >= 0.6 is 27.5 Å². The van der Waals surface area contributed by atoms with Crippen LogP contribution < -0.4 is 10.1 Å². The highest BCUT2D eigenvalue weighted by Gasteiger charge is 2.26. The summed E-state index contributed by atoms with van der Waals surface area (Å²) in [6.07, 6.45) is 0. The summed E-state index contributed by atoms with van der Waals surface area (Å²) in [6.45, 7) is 1.22. The van der Waals surface area contributed by atoms with Crippen molar-refractivity contribution < 1.29 is 18.7 Å². The van der Waals surface area contributed by atoms with Crippen LogP contribution in [0.15, 0.2) is 46.9 Å². The minimum Gasteiger partial charge on any atom is -0.483 e. The minimum absolute atomic E-state index is 0.0504. The first kappa shape index (κ1) is 21.2. The van der Waals surface area contributed by atoms with Crippen molar-refractivity contribution in [2.75, 3.05) is 13.7 Å². The van der Waals surface area contributed by atoms with Gasteiger partial charge in [-0.05, 0) is 47.1 Å². The van der Waals surface area contributed by atoms with Gasteiger partial charge in [-0.2, -0.15) is 0 Å². The molecule has 5 nitrogen and oxygen atoms in total. The van der Waals surface area contributed by atoms with Crippen molar-refractivity contribution in [1.29, 1.82) is 0 Å². The van der Waals surface area contributed by atoms with Gasteiger partial charge in [-0.25, -0.2) is 4.39 Å². The maximum atomic E-state index is 14.0. The standard InChI is InChI=1S/C19H19BrClFN2O3/c1-12(19(26)23-2)24(10-13-5-3-4-6-16(13)22)18(25)11-27-17-8-7-14(21)9-15(17)20/h3-9,12H,10-11H2,1-2H3,(H,23,26)/t12-/m1/s1. The van der Waals surface area contributed by atoms with Crippen LogP contribution in [-0.4, -0.2) is 36.4 Å². The first-order valence-corrected chi connectivity index (χ1v) is 9.33. The largest absolute Gasteiger partial charge is 0.483 e. The highest BCUT2D eigenvalue weighted by Crippen LogP contribution is 2.28. The maximum absolute atomic E-state index is 14.0. The molecule has 0 fully saturated rings. The lowest BCUT2D eigenvalue weighted by molar-refractivity contribution is -0.142. The molecule has 0 heterocycles. The van der Waals surface area contributed by atoms with Crippen molar-refractivity contribution in [2.24, 2.45) is 0 Å². The first-order chi connectivity index (χ1) is 12.8. The molecule has 1 N–H and O–H groups in total. The Kier molecular flexibility index (Phi) is 7.62.